The lowest BCUT2D eigenvalue weighted by Gasteiger charge is -2.42. The number of halogens is 3. The van der Waals surface area contributed by atoms with Crippen molar-refractivity contribution in [3.8, 4) is 11.5 Å². The summed E-state index contributed by atoms with van der Waals surface area (Å²) in [7, 11) is 1.64. The van der Waals surface area contributed by atoms with Crippen LogP contribution in [0, 0.1) is 0 Å². The zero-order valence-corrected chi connectivity index (χ0v) is 10.6. The number of phenols is 1. The SMILES string of the molecule is CN1CCCC(Oc2cccc(O)c2)(C(F)(F)F)C1. The van der Waals surface area contributed by atoms with Crippen molar-refractivity contribution < 1.29 is 23.0 Å². The van der Waals surface area contributed by atoms with E-state index in [9.17, 15) is 18.3 Å². The molecule has 1 aromatic carbocycles. The summed E-state index contributed by atoms with van der Waals surface area (Å²) in [5.74, 6) is -0.0772. The van der Waals surface area contributed by atoms with E-state index in [1.165, 1.54) is 24.3 Å². The maximum absolute atomic E-state index is 13.3. The second-order valence-electron chi connectivity index (χ2n) is 4.93. The second-order valence-corrected chi connectivity index (χ2v) is 4.93. The molecule has 1 aliphatic rings. The van der Waals surface area contributed by atoms with Crippen LogP contribution in [0.1, 0.15) is 12.8 Å². The van der Waals surface area contributed by atoms with Gasteiger partial charge in [-0.2, -0.15) is 13.2 Å². The van der Waals surface area contributed by atoms with Crippen molar-refractivity contribution >= 4 is 0 Å². The average molecular weight is 275 g/mol. The van der Waals surface area contributed by atoms with Gasteiger partial charge in [-0.3, -0.25) is 0 Å². The fourth-order valence-electron chi connectivity index (χ4n) is 2.37. The Hall–Kier alpha value is -1.43. The van der Waals surface area contributed by atoms with Crippen LogP contribution >= 0.6 is 0 Å². The van der Waals surface area contributed by atoms with Gasteiger partial charge >= 0.3 is 6.18 Å². The molecule has 2 rings (SSSR count). The van der Waals surface area contributed by atoms with E-state index in [-0.39, 0.29) is 24.5 Å². The molecule has 1 saturated heterocycles. The minimum absolute atomic E-state index is 0.0348. The van der Waals surface area contributed by atoms with Crippen LogP contribution in [-0.4, -0.2) is 41.9 Å². The predicted molar refractivity (Wildman–Crippen MR) is 64.3 cm³/mol. The highest BCUT2D eigenvalue weighted by Crippen LogP contribution is 2.41. The first-order valence-electron chi connectivity index (χ1n) is 6.06. The van der Waals surface area contributed by atoms with Crippen molar-refractivity contribution in [2.75, 3.05) is 20.1 Å². The number of likely N-dealkylation sites (N-methyl/N-ethyl adjacent to an activating group) is 1. The molecule has 3 nitrogen and oxygen atoms in total. The summed E-state index contributed by atoms with van der Waals surface area (Å²) in [4.78, 5) is 1.61. The second kappa shape index (κ2) is 4.92. The van der Waals surface area contributed by atoms with Crippen LogP contribution in [0.5, 0.6) is 11.5 Å². The third kappa shape index (κ3) is 2.94. The predicted octanol–water partition coefficient (Wildman–Crippen LogP) is 2.80. The lowest BCUT2D eigenvalue weighted by Crippen LogP contribution is -2.59. The Morgan fingerprint density at radius 2 is 2.11 bits per heavy atom. The summed E-state index contributed by atoms with van der Waals surface area (Å²) >= 11 is 0. The Morgan fingerprint density at radius 1 is 1.37 bits per heavy atom. The maximum Gasteiger partial charge on any atom is 0.429 e. The van der Waals surface area contributed by atoms with E-state index in [1.54, 1.807) is 11.9 Å². The fraction of sp³-hybridized carbons (Fsp3) is 0.538. The Labute approximate surface area is 109 Å². The van der Waals surface area contributed by atoms with E-state index in [0.717, 1.165) is 0 Å². The number of rotatable bonds is 2. The van der Waals surface area contributed by atoms with E-state index in [4.69, 9.17) is 4.74 Å². The van der Waals surface area contributed by atoms with Crippen LogP contribution in [0.4, 0.5) is 13.2 Å². The van der Waals surface area contributed by atoms with Crippen molar-refractivity contribution in [2.45, 2.75) is 24.6 Å². The Balaban J connectivity index is 2.28. The zero-order valence-electron chi connectivity index (χ0n) is 10.6. The summed E-state index contributed by atoms with van der Waals surface area (Å²) in [6.07, 6.45) is -4.10. The molecule has 1 fully saturated rings. The van der Waals surface area contributed by atoms with Gasteiger partial charge in [-0.1, -0.05) is 6.07 Å². The number of phenolic OH excluding ortho intramolecular Hbond substituents is 1. The number of likely N-dealkylation sites (tertiary alicyclic amines) is 1. The average Bonchev–Trinajstić information content (AvgIpc) is 2.27. The molecule has 1 atom stereocenters. The number of aromatic hydroxyl groups is 1. The van der Waals surface area contributed by atoms with Crippen LogP contribution in [0.3, 0.4) is 0 Å². The van der Waals surface area contributed by atoms with Gasteiger partial charge in [-0.15, -0.1) is 0 Å². The molecule has 0 spiro atoms. The summed E-state index contributed by atoms with van der Waals surface area (Å²) in [5.41, 5.74) is -2.20. The number of hydrogen-bond donors (Lipinski definition) is 1. The van der Waals surface area contributed by atoms with E-state index < -0.39 is 11.8 Å². The molecule has 6 heteroatoms. The first-order valence-corrected chi connectivity index (χ1v) is 6.06. The molecule has 0 amide bonds. The molecule has 0 bridgehead atoms. The summed E-state index contributed by atoms with van der Waals surface area (Å²) < 4.78 is 45.3. The summed E-state index contributed by atoms with van der Waals surface area (Å²) in [6.45, 7) is 0.424. The fourth-order valence-corrected chi connectivity index (χ4v) is 2.37. The summed E-state index contributed by atoms with van der Waals surface area (Å²) in [6, 6.07) is 5.46. The van der Waals surface area contributed by atoms with Gasteiger partial charge in [-0.05, 0) is 38.6 Å². The molecule has 1 heterocycles. The topological polar surface area (TPSA) is 32.7 Å². The highest BCUT2D eigenvalue weighted by molar-refractivity contribution is 5.32. The standard InChI is InChI=1S/C13H16F3NO2/c1-17-7-3-6-12(9-17,13(14,15)16)19-11-5-2-4-10(18)8-11/h2,4-5,8,18H,3,6-7,9H2,1H3. The third-order valence-corrected chi connectivity index (χ3v) is 3.29. The van der Waals surface area contributed by atoms with E-state index in [2.05, 4.69) is 0 Å². The monoisotopic (exact) mass is 275 g/mol. The Morgan fingerprint density at radius 3 is 2.68 bits per heavy atom. The number of alkyl halides is 3. The molecule has 0 radical (unpaired) electrons. The quantitative estimate of drug-likeness (QED) is 0.901. The number of ether oxygens (including phenoxy) is 1. The van der Waals surface area contributed by atoms with Crippen molar-refractivity contribution in [2.24, 2.45) is 0 Å². The van der Waals surface area contributed by atoms with Crippen molar-refractivity contribution in [1.29, 1.82) is 0 Å². The van der Waals surface area contributed by atoms with Crippen LogP contribution in [0.15, 0.2) is 24.3 Å². The van der Waals surface area contributed by atoms with Gasteiger partial charge in [0.15, 0.2) is 0 Å². The van der Waals surface area contributed by atoms with Gasteiger partial charge in [-0.25, -0.2) is 0 Å². The molecule has 1 unspecified atom stereocenters. The van der Waals surface area contributed by atoms with Gasteiger partial charge in [0, 0.05) is 12.6 Å². The maximum atomic E-state index is 13.3. The van der Waals surface area contributed by atoms with Crippen molar-refractivity contribution in [3.05, 3.63) is 24.3 Å². The van der Waals surface area contributed by atoms with E-state index in [1.807, 2.05) is 0 Å². The molecule has 0 aromatic heterocycles. The Kier molecular flexibility index (Phi) is 3.62. The van der Waals surface area contributed by atoms with Crippen molar-refractivity contribution in [1.82, 2.24) is 4.90 Å². The molecule has 0 aliphatic carbocycles. The minimum atomic E-state index is -4.45. The molecule has 106 valence electrons. The lowest BCUT2D eigenvalue weighted by molar-refractivity contribution is -0.261. The highest BCUT2D eigenvalue weighted by Gasteiger charge is 2.58. The van der Waals surface area contributed by atoms with Gasteiger partial charge in [0.2, 0.25) is 5.60 Å². The molecular weight excluding hydrogens is 259 g/mol. The molecule has 0 saturated carbocycles. The molecule has 1 aliphatic heterocycles. The van der Waals surface area contributed by atoms with Crippen LogP contribution in [0.25, 0.3) is 0 Å². The third-order valence-electron chi connectivity index (χ3n) is 3.29. The van der Waals surface area contributed by atoms with Crippen LogP contribution in [-0.2, 0) is 0 Å². The van der Waals surface area contributed by atoms with Crippen molar-refractivity contribution in [3.63, 3.8) is 0 Å². The lowest BCUT2D eigenvalue weighted by atomic mass is 9.92. The smallest absolute Gasteiger partial charge is 0.429 e. The number of benzene rings is 1. The molecule has 1 aromatic rings. The highest BCUT2D eigenvalue weighted by atomic mass is 19.4. The van der Waals surface area contributed by atoms with Gasteiger partial charge in [0.25, 0.3) is 0 Å². The van der Waals surface area contributed by atoms with Gasteiger partial charge in [0.05, 0.1) is 0 Å². The zero-order chi connectivity index (χ0) is 14.1. The van der Waals surface area contributed by atoms with Crippen LogP contribution in [0.2, 0.25) is 0 Å². The van der Waals surface area contributed by atoms with E-state index in [0.29, 0.717) is 13.0 Å². The van der Waals surface area contributed by atoms with Gasteiger partial charge in [0.1, 0.15) is 11.5 Å². The summed E-state index contributed by atoms with van der Waals surface area (Å²) in [5, 5.41) is 9.31. The van der Waals surface area contributed by atoms with Gasteiger partial charge < -0.3 is 14.7 Å². The van der Waals surface area contributed by atoms with E-state index >= 15 is 0 Å². The normalized spacial score (nSPS) is 25.3. The number of piperidine rings is 1. The number of nitrogens with zero attached hydrogens (tertiary/aromatic N) is 1. The minimum Gasteiger partial charge on any atom is -0.508 e. The molecular formula is C13H16F3NO2. The first kappa shape index (κ1) is 14.0. The molecule has 19 heavy (non-hydrogen) atoms. The Bertz CT molecular complexity index is 450. The first-order chi connectivity index (χ1) is 8.82. The largest absolute Gasteiger partial charge is 0.508 e. The van der Waals surface area contributed by atoms with Crippen LogP contribution < -0.4 is 4.74 Å². The number of hydrogen-bond acceptors (Lipinski definition) is 3. The molecule has 1 N–H and O–H groups in total.